The van der Waals surface area contributed by atoms with Gasteiger partial charge in [0.05, 0.1) is 30.6 Å². The van der Waals surface area contributed by atoms with Gasteiger partial charge in [0.25, 0.3) is 0 Å². The van der Waals surface area contributed by atoms with Crippen molar-refractivity contribution >= 4 is 37.8 Å². The fourth-order valence-corrected chi connectivity index (χ4v) is 3.72. The van der Waals surface area contributed by atoms with Crippen molar-refractivity contribution in [1.29, 1.82) is 0 Å². The van der Waals surface area contributed by atoms with Crippen LogP contribution in [0, 0.1) is 0 Å². The van der Waals surface area contributed by atoms with Crippen molar-refractivity contribution in [3.8, 4) is 22.5 Å². The third-order valence-electron chi connectivity index (χ3n) is 4.77. The van der Waals surface area contributed by atoms with Gasteiger partial charge in [0, 0.05) is 14.5 Å². The molecule has 1 heterocycles. The van der Waals surface area contributed by atoms with Gasteiger partial charge in [-0.25, -0.2) is 4.79 Å². The molecule has 150 valence electrons. The standard InChI is InChI=1S/C24H18Br2N2O2/c1-30-24(29)19-4-2-16(3-5-19)15-28-23(18-8-12-21(26)13-9-18)14-22(27-28)17-6-10-20(25)11-7-17/h2-14H,15H2,1H3. The Labute approximate surface area is 191 Å². The first-order valence-corrected chi connectivity index (χ1v) is 10.9. The van der Waals surface area contributed by atoms with Gasteiger partial charge in [-0.05, 0) is 53.6 Å². The van der Waals surface area contributed by atoms with Gasteiger partial charge in [0.1, 0.15) is 0 Å². The molecule has 0 N–H and O–H groups in total. The third-order valence-corrected chi connectivity index (χ3v) is 5.82. The fraction of sp³-hybridized carbons (Fsp3) is 0.0833. The minimum atomic E-state index is -0.339. The van der Waals surface area contributed by atoms with Crippen LogP contribution in [0.3, 0.4) is 0 Å². The number of rotatable bonds is 5. The zero-order chi connectivity index (χ0) is 21.1. The van der Waals surface area contributed by atoms with E-state index in [1.807, 2.05) is 53.2 Å². The molecule has 0 spiro atoms. The van der Waals surface area contributed by atoms with Gasteiger partial charge >= 0.3 is 5.97 Å². The number of hydrogen-bond acceptors (Lipinski definition) is 3. The maximum Gasteiger partial charge on any atom is 0.337 e. The summed E-state index contributed by atoms with van der Waals surface area (Å²) in [6.07, 6.45) is 0. The number of aromatic nitrogens is 2. The van der Waals surface area contributed by atoms with Crippen molar-refractivity contribution in [1.82, 2.24) is 9.78 Å². The van der Waals surface area contributed by atoms with Crippen LogP contribution in [-0.4, -0.2) is 22.9 Å². The molecule has 0 saturated carbocycles. The molecule has 1 aromatic heterocycles. The average molecular weight is 526 g/mol. The molecule has 0 aliphatic heterocycles. The number of halogens is 2. The van der Waals surface area contributed by atoms with Crippen LogP contribution in [0.4, 0.5) is 0 Å². The Morgan fingerprint density at radius 1 is 0.867 bits per heavy atom. The molecular formula is C24H18Br2N2O2. The van der Waals surface area contributed by atoms with Gasteiger partial charge in [-0.1, -0.05) is 68.3 Å². The Morgan fingerprint density at radius 2 is 1.43 bits per heavy atom. The highest BCUT2D eigenvalue weighted by molar-refractivity contribution is 9.10. The van der Waals surface area contributed by atoms with Gasteiger partial charge in [-0.3, -0.25) is 4.68 Å². The van der Waals surface area contributed by atoms with E-state index in [1.54, 1.807) is 12.1 Å². The number of nitrogens with zero attached hydrogens (tertiary/aromatic N) is 2. The van der Waals surface area contributed by atoms with Crippen molar-refractivity contribution in [3.63, 3.8) is 0 Å². The van der Waals surface area contributed by atoms with E-state index in [-0.39, 0.29) is 5.97 Å². The topological polar surface area (TPSA) is 44.1 Å². The lowest BCUT2D eigenvalue weighted by molar-refractivity contribution is 0.0600. The number of methoxy groups -OCH3 is 1. The van der Waals surface area contributed by atoms with Crippen molar-refractivity contribution in [3.05, 3.63) is 98.9 Å². The fourth-order valence-electron chi connectivity index (χ4n) is 3.19. The van der Waals surface area contributed by atoms with Crippen LogP contribution in [0.1, 0.15) is 15.9 Å². The summed E-state index contributed by atoms with van der Waals surface area (Å²) in [5.41, 5.74) is 5.65. The first-order valence-electron chi connectivity index (χ1n) is 9.30. The summed E-state index contributed by atoms with van der Waals surface area (Å²) in [5, 5.41) is 4.88. The highest BCUT2D eigenvalue weighted by Gasteiger charge is 2.13. The maximum absolute atomic E-state index is 11.7. The van der Waals surface area contributed by atoms with Crippen molar-refractivity contribution in [2.24, 2.45) is 0 Å². The number of esters is 1. The molecule has 0 bridgehead atoms. The van der Waals surface area contributed by atoms with Crippen LogP contribution in [0.2, 0.25) is 0 Å². The Kier molecular flexibility index (Phi) is 6.16. The van der Waals surface area contributed by atoms with Gasteiger partial charge in [0.2, 0.25) is 0 Å². The summed E-state index contributed by atoms with van der Waals surface area (Å²) in [6, 6.07) is 25.8. The van der Waals surface area contributed by atoms with E-state index >= 15 is 0 Å². The van der Waals surface area contributed by atoms with E-state index in [2.05, 4.69) is 50.1 Å². The van der Waals surface area contributed by atoms with E-state index < -0.39 is 0 Å². The third kappa shape index (κ3) is 4.55. The Morgan fingerprint density at radius 3 is 2.00 bits per heavy atom. The quantitative estimate of drug-likeness (QED) is 0.276. The van der Waals surface area contributed by atoms with Crippen LogP contribution in [0.15, 0.2) is 87.8 Å². The van der Waals surface area contributed by atoms with Crippen LogP contribution in [-0.2, 0) is 11.3 Å². The van der Waals surface area contributed by atoms with E-state index in [9.17, 15) is 4.79 Å². The number of hydrogen-bond donors (Lipinski definition) is 0. The zero-order valence-electron chi connectivity index (χ0n) is 16.2. The van der Waals surface area contributed by atoms with Gasteiger partial charge < -0.3 is 4.74 Å². The molecule has 0 unspecified atom stereocenters. The van der Waals surface area contributed by atoms with Crippen molar-refractivity contribution in [2.75, 3.05) is 7.11 Å². The Bertz CT molecular complexity index is 1170. The molecule has 0 radical (unpaired) electrons. The highest BCUT2D eigenvalue weighted by Crippen LogP contribution is 2.29. The average Bonchev–Trinajstić information content (AvgIpc) is 3.18. The predicted octanol–water partition coefficient (Wildman–Crippen LogP) is 6.58. The summed E-state index contributed by atoms with van der Waals surface area (Å²) < 4.78 is 8.84. The molecule has 4 rings (SSSR count). The molecule has 4 nitrogen and oxygen atoms in total. The lowest BCUT2D eigenvalue weighted by atomic mass is 10.1. The van der Waals surface area contributed by atoms with Gasteiger partial charge in [-0.15, -0.1) is 0 Å². The molecule has 0 fully saturated rings. The SMILES string of the molecule is COC(=O)c1ccc(Cn2nc(-c3ccc(Br)cc3)cc2-c2ccc(Br)cc2)cc1. The van der Waals surface area contributed by atoms with Crippen LogP contribution in [0.5, 0.6) is 0 Å². The second-order valence-electron chi connectivity index (χ2n) is 6.77. The van der Waals surface area contributed by atoms with Crippen molar-refractivity contribution in [2.45, 2.75) is 6.54 Å². The summed E-state index contributed by atoms with van der Waals surface area (Å²) in [6.45, 7) is 0.587. The molecule has 0 saturated heterocycles. The monoisotopic (exact) mass is 524 g/mol. The Balaban J connectivity index is 1.72. The predicted molar refractivity (Wildman–Crippen MR) is 125 cm³/mol. The van der Waals surface area contributed by atoms with Crippen molar-refractivity contribution < 1.29 is 9.53 Å². The Hall–Kier alpha value is -2.70. The molecule has 0 atom stereocenters. The maximum atomic E-state index is 11.7. The molecule has 30 heavy (non-hydrogen) atoms. The molecule has 6 heteroatoms. The number of ether oxygens (including phenoxy) is 1. The summed E-state index contributed by atoms with van der Waals surface area (Å²) in [4.78, 5) is 11.7. The van der Waals surface area contributed by atoms with Crippen LogP contribution < -0.4 is 0 Å². The molecule has 0 aliphatic rings. The molecule has 0 aliphatic carbocycles. The van der Waals surface area contributed by atoms with E-state index in [0.29, 0.717) is 12.1 Å². The van der Waals surface area contributed by atoms with Gasteiger partial charge in [0.15, 0.2) is 0 Å². The highest BCUT2D eigenvalue weighted by atomic mass is 79.9. The minimum absolute atomic E-state index is 0.339. The zero-order valence-corrected chi connectivity index (χ0v) is 19.4. The van der Waals surface area contributed by atoms with Crippen LogP contribution in [0.25, 0.3) is 22.5 Å². The second kappa shape index (κ2) is 8.98. The van der Waals surface area contributed by atoms with Crippen LogP contribution >= 0.6 is 31.9 Å². The number of carbonyl (C=O) groups excluding carboxylic acids is 1. The van der Waals surface area contributed by atoms with E-state index in [0.717, 1.165) is 37.0 Å². The van der Waals surface area contributed by atoms with E-state index in [4.69, 9.17) is 9.84 Å². The summed E-state index contributed by atoms with van der Waals surface area (Å²) in [7, 11) is 1.38. The molecular weight excluding hydrogens is 508 g/mol. The first-order chi connectivity index (χ1) is 14.5. The van der Waals surface area contributed by atoms with E-state index in [1.165, 1.54) is 7.11 Å². The number of carbonyl (C=O) groups is 1. The largest absolute Gasteiger partial charge is 0.465 e. The smallest absolute Gasteiger partial charge is 0.337 e. The minimum Gasteiger partial charge on any atom is -0.465 e. The second-order valence-corrected chi connectivity index (χ2v) is 8.61. The number of benzene rings is 3. The summed E-state index contributed by atoms with van der Waals surface area (Å²) >= 11 is 6.98. The normalized spacial score (nSPS) is 10.8. The lowest BCUT2D eigenvalue weighted by Gasteiger charge is -2.09. The molecule has 3 aromatic carbocycles. The molecule has 0 amide bonds. The summed E-state index contributed by atoms with van der Waals surface area (Å²) in [5.74, 6) is -0.339. The molecule has 4 aromatic rings. The first kappa shape index (κ1) is 20.6. The van der Waals surface area contributed by atoms with Gasteiger partial charge in [-0.2, -0.15) is 5.10 Å². The lowest BCUT2D eigenvalue weighted by Crippen LogP contribution is -2.05.